The lowest BCUT2D eigenvalue weighted by molar-refractivity contribution is 0.245. The number of piperidine rings is 1. The topological polar surface area (TPSA) is 97.4 Å². The number of nitrogens with one attached hydrogen (secondary N) is 3. The van der Waals surface area contributed by atoms with Gasteiger partial charge >= 0.3 is 6.03 Å². The van der Waals surface area contributed by atoms with Gasteiger partial charge in [0.1, 0.15) is 5.01 Å². The molecule has 26 heavy (non-hydrogen) atoms. The van der Waals surface area contributed by atoms with E-state index in [1.54, 1.807) is 14.2 Å². The van der Waals surface area contributed by atoms with Crippen LogP contribution in [0.15, 0.2) is 18.2 Å². The quantitative estimate of drug-likeness (QED) is 0.713. The van der Waals surface area contributed by atoms with Crippen molar-refractivity contribution < 1.29 is 14.3 Å². The van der Waals surface area contributed by atoms with E-state index in [0.717, 1.165) is 36.5 Å². The molecule has 0 bridgehead atoms. The van der Waals surface area contributed by atoms with Crippen LogP contribution in [-0.4, -0.2) is 49.6 Å². The molecule has 1 fully saturated rings. The minimum Gasteiger partial charge on any atom is -0.493 e. The predicted molar refractivity (Wildman–Crippen MR) is 100 cm³/mol. The van der Waals surface area contributed by atoms with E-state index in [1.165, 1.54) is 11.3 Å². The number of hydrogen-bond acceptors (Lipinski definition) is 7. The number of aromatic nitrogens is 2. The molecule has 1 aliphatic rings. The number of carbonyl (C=O) groups is 1. The van der Waals surface area contributed by atoms with E-state index >= 15 is 0 Å². The highest BCUT2D eigenvalue weighted by Gasteiger charge is 2.16. The molecular weight excluding hydrogens is 354 g/mol. The third-order valence-corrected chi connectivity index (χ3v) is 4.96. The van der Waals surface area contributed by atoms with Gasteiger partial charge in [-0.1, -0.05) is 17.4 Å². The molecule has 3 rings (SSSR count). The summed E-state index contributed by atoms with van der Waals surface area (Å²) in [6.45, 7) is 1.81. The van der Waals surface area contributed by atoms with Crippen LogP contribution >= 0.6 is 11.3 Å². The van der Waals surface area contributed by atoms with Crippen molar-refractivity contribution in [2.24, 2.45) is 0 Å². The highest BCUT2D eigenvalue weighted by atomic mass is 32.1. The molecule has 8 nitrogen and oxygen atoms in total. The van der Waals surface area contributed by atoms with Crippen molar-refractivity contribution in [2.75, 3.05) is 32.6 Å². The fraction of sp³-hybridized carbons (Fsp3) is 0.471. The van der Waals surface area contributed by atoms with Gasteiger partial charge in [0.25, 0.3) is 0 Å². The Morgan fingerprint density at radius 1 is 1.31 bits per heavy atom. The summed E-state index contributed by atoms with van der Waals surface area (Å²) in [7, 11) is 3.21. The van der Waals surface area contributed by atoms with E-state index in [0.29, 0.717) is 23.1 Å². The fourth-order valence-corrected chi connectivity index (χ4v) is 3.60. The van der Waals surface area contributed by atoms with Gasteiger partial charge in [-0.2, -0.15) is 0 Å². The summed E-state index contributed by atoms with van der Waals surface area (Å²) in [6, 6.07) is 5.64. The summed E-state index contributed by atoms with van der Waals surface area (Å²) in [6.07, 6.45) is 2.66. The molecule has 3 N–H and O–H groups in total. The maximum Gasteiger partial charge on any atom is 0.321 e. The third-order valence-electron chi connectivity index (χ3n) is 4.12. The molecular formula is C17H23N5O3S. The summed E-state index contributed by atoms with van der Waals surface area (Å²) < 4.78 is 10.6. The van der Waals surface area contributed by atoms with Crippen molar-refractivity contribution >= 4 is 22.5 Å². The summed E-state index contributed by atoms with van der Waals surface area (Å²) >= 11 is 1.36. The Hall–Kier alpha value is -2.39. The van der Waals surface area contributed by atoms with Crippen LogP contribution in [-0.2, 0) is 6.42 Å². The first-order valence-corrected chi connectivity index (χ1v) is 9.31. The second-order valence-electron chi connectivity index (χ2n) is 6.01. The Bertz CT molecular complexity index is 746. The Labute approximate surface area is 156 Å². The zero-order valence-corrected chi connectivity index (χ0v) is 15.7. The first-order valence-electron chi connectivity index (χ1n) is 8.49. The number of rotatable bonds is 6. The van der Waals surface area contributed by atoms with Crippen LogP contribution in [0.2, 0.25) is 0 Å². The molecule has 1 atom stereocenters. The van der Waals surface area contributed by atoms with Crippen LogP contribution in [0.3, 0.4) is 0 Å². The Balaban J connectivity index is 1.56. The number of carbonyl (C=O) groups excluding carboxylic acids is 1. The number of ether oxygens (including phenoxy) is 2. The van der Waals surface area contributed by atoms with Crippen molar-refractivity contribution in [1.82, 2.24) is 20.8 Å². The molecule has 1 saturated heterocycles. The number of nitrogens with zero attached hydrogens (tertiary/aromatic N) is 2. The van der Waals surface area contributed by atoms with E-state index in [1.807, 2.05) is 18.2 Å². The van der Waals surface area contributed by atoms with Gasteiger partial charge < -0.3 is 20.1 Å². The molecule has 2 amide bonds. The van der Waals surface area contributed by atoms with Gasteiger partial charge in [0.15, 0.2) is 11.5 Å². The molecule has 0 unspecified atom stereocenters. The van der Waals surface area contributed by atoms with Gasteiger partial charge in [-0.15, -0.1) is 10.2 Å². The second-order valence-corrected chi connectivity index (χ2v) is 7.07. The molecule has 0 radical (unpaired) electrons. The number of amides is 2. The van der Waals surface area contributed by atoms with Gasteiger partial charge in [-0.25, -0.2) is 4.79 Å². The van der Waals surface area contributed by atoms with E-state index in [-0.39, 0.29) is 12.1 Å². The van der Waals surface area contributed by atoms with Crippen molar-refractivity contribution in [2.45, 2.75) is 25.3 Å². The minimum atomic E-state index is -0.243. The smallest absolute Gasteiger partial charge is 0.321 e. The Morgan fingerprint density at radius 3 is 2.88 bits per heavy atom. The summed E-state index contributed by atoms with van der Waals surface area (Å²) in [5.74, 6) is 1.36. The lowest BCUT2D eigenvalue weighted by atomic mass is 10.1. The van der Waals surface area contributed by atoms with Crippen molar-refractivity contribution in [3.05, 3.63) is 28.8 Å². The van der Waals surface area contributed by atoms with Crippen LogP contribution in [0.1, 0.15) is 23.4 Å². The summed E-state index contributed by atoms with van der Waals surface area (Å²) in [5.41, 5.74) is 1.03. The fourth-order valence-electron chi connectivity index (χ4n) is 2.83. The molecule has 1 aliphatic heterocycles. The number of methoxy groups -OCH3 is 2. The average molecular weight is 377 g/mol. The van der Waals surface area contributed by atoms with E-state index in [4.69, 9.17) is 9.47 Å². The molecule has 2 aromatic rings. The van der Waals surface area contributed by atoms with Crippen LogP contribution in [0.5, 0.6) is 11.5 Å². The number of benzene rings is 1. The van der Waals surface area contributed by atoms with Gasteiger partial charge in [0, 0.05) is 19.0 Å². The number of anilines is 1. The molecule has 2 heterocycles. The summed E-state index contributed by atoms with van der Waals surface area (Å²) in [5, 5.41) is 18.5. The maximum atomic E-state index is 12.1. The third kappa shape index (κ3) is 4.83. The van der Waals surface area contributed by atoms with E-state index < -0.39 is 0 Å². The van der Waals surface area contributed by atoms with Crippen molar-refractivity contribution in [1.29, 1.82) is 0 Å². The van der Waals surface area contributed by atoms with Gasteiger partial charge in [-0.05, 0) is 37.1 Å². The van der Waals surface area contributed by atoms with Crippen LogP contribution in [0.4, 0.5) is 9.93 Å². The average Bonchev–Trinajstić information content (AvgIpc) is 3.09. The monoisotopic (exact) mass is 377 g/mol. The first kappa shape index (κ1) is 18.4. The SMILES string of the molecule is COc1ccc(Cc2nnc(NC(=O)N[C@@H]3CCCNC3)s2)cc1OC. The van der Waals surface area contributed by atoms with Crippen LogP contribution < -0.4 is 25.4 Å². The normalized spacial score (nSPS) is 16.8. The molecule has 0 aliphatic carbocycles. The van der Waals surface area contributed by atoms with E-state index in [2.05, 4.69) is 26.1 Å². The highest BCUT2D eigenvalue weighted by molar-refractivity contribution is 7.15. The molecule has 0 spiro atoms. The minimum absolute atomic E-state index is 0.155. The summed E-state index contributed by atoms with van der Waals surface area (Å²) in [4.78, 5) is 12.1. The standard InChI is InChI=1S/C17H23N5O3S/c1-24-13-6-5-11(8-14(13)25-2)9-15-21-22-17(26-15)20-16(23)19-12-4-3-7-18-10-12/h5-6,8,12,18H,3-4,7,9-10H2,1-2H3,(H2,19,20,22,23)/t12-/m1/s1. The molecule has 1 aromatic carbocycles. The van der Waals surface area contributed by atoms with Crippen molar-refractivity contribution in [3.63, 3.8) is 0 Å². The predicted octanol–water partition coefficient (Wildman–Crippen LogP) is 2.02. The number of hydrogen-bond donors (Lipinski definition) is 3. The second kappa shape index (κ2) is 8.81. The van der Waals surface area contributed by atoms with Gasteiger partial charge in [0.2, 0.25) is 5.13 Å². The Morgan fingerprint density at radius 2 is 2.15 bits per heavy atom. The lowest BCUT2D eigenvalue weighted by Crippen LogP contribution is -2.47. The maximum absolute atomic E-state index is 12.1. The van der Waals surface area contributed by atoms with Crippen molar-refractivity contribution in [3.8, 4) is 11.5 Å². The lowest BCUT2D eigenvalue weighted by Gasteiger charge is -2.23. The first-order chi connectivity index (χ1) is 12.7. The highest BCUT2D eigenvalue weighted by Crippen LogP contribution is 2.29. The van der Waals surface area contributed by atoms with Gasteiger partial charge in [0.05, 0.1) is 14.2 Å². The zero-order chi connectivity index (χ0) is 18.4. The van der Waals surface area contributed by atoms with Crippen LogP contribution in [0.25, 0.3) is 0 Å². The molecule has 0 saturated carbocycles. The van der Waals surface area contributed by atoms with E-state index in [9.17, 15) is 4.79 Å². The molecule has 140 valence electrons. The molecule has 1 aromatic heterocycles. The zero-order valence-electron chi connectivity index (χ0n) is 14.9. The number of urea groups is 1. The molecule has 9 heteroatoms. The van der Waals surface area contributed by atoms with Gasteiger partial charge in [-0.3, -0.25) is 5.32 Å². The Kier molecular flexibility index (Phi) is 6.24. The van der Waals surface area contributed by atoms with Crippen LogP contribution in [0, 0.1) is 0 Å². The largest absolute Gasteiger partial charge is 0.493 e.